The summed E-state index contributed by atoms with van der Waals surface area (Å²) in [5.41, 5.74) is 0.313. The molecule has 0 atom stereocenters. The van der Waals surface area contributed by atoms with Gasteiger partial charge in [-0.1, -0.05) is 12.1 Å². The van der Waals surface area contributed by atoms with Crippen LogP contribution in [0.3, 0.4) is 0 Å². The Morgan fingerprint density at radius 1 is 1.19 bits per heavy atom. The van der Waals surface area contributed by atoms with Crippen LogP contribution in [0, 0.1) is 0 Å². The number of hydrogen-bond donors (Lipinski definition) is 2. The number of hydrogen-bond acceptors (Lipinski definition) is 6. The van der Waals surface area contributed by atoms with Crippen molar-refractivity contribution in [3.63, 3.8) is 0 Å². The number of ether oxygens (including phenoxy) is 1. The van der Waals surface area contributed by atoms with E-state index in [0.29, 0.717) is 22.5 Å². The lowest BCUT2D eigenvalue weighted by molar-refractivity contribution is -0.148. The van der Waals surface area contributed by atoms with Gasteiger partial charge in [-0.25, -0.2) is 4.98 Å². The van der Waals surface area contributed by atoms with Crippen LogP contribution in [0.15, 0.2) is 51.9 Å². The van der Waals surface area contributed by atoms with E-state index >= 15 is 0 Å². The molecule has 0 fully saturated rings. The van der Waals surface area contributed by atoms with Crippen LogP contribution in [-0.2, 0) is 27.3 Å². The fraction of sp³-hybridized carbons (Fsp3) is 0.222. The van der Waals surface area contributed by atoms with Crippen molar-refractivity contribution in [2.24, 2.45) is 0 Å². The lowest BCUT2D eigenvalue weighted by atomic mass is 10.2. The Kier molecular flexibility index (Phi) is 5.43. The maximum Gasteiger partial charge on any atom is 0.306 e. The minimum Gasteiger partial charge on any atom is -0.467 e. The summed E-state index contributed by atoms with van der Waals surface area (Å²) in [6.07, 6.45) is 1.73. The van der Waals surface area contributed by atoms with Crippen molar-refractivity contribution in [1.82, 2.24) is 15.3 Å². The van der Waals surface area contributed by atoms with Crippen molar-refractivity contribution in [1.29, 1.82) is 0 Å². The van der Waals surface area contributed by atoms with E-state index in [1.54, 1.807) is 36.4 Å². The van der Waals surface area contributed by atoms with Crippen molar-refractivity contribution in [2.45, 2.75) is 19.4 Å². The molecule has 134 valence electrons. The van der Waals surface area contributed by atoms with Crippen LogP contribution in [0.5, 0.6) is 0 Å². The monoisotopic (exact) mass is 355 g/mol. The van der Waals surface area contributed by atoms with Crippen LogP contribution >= 0.6 is 0 Å². The van der Waals surface area contributed by atoms with Gasteiger partial charge in [-0.3, -0.25) is 14.4 Å². The highest BCUT2D eigenvalue weighted by atomic mass is 16.5. The van der Waals surface area contributed by atoms with Crippen molar-refractivity contribution in [2.75, 3.05) is 6.61 Å². The Bertz CT molecular complexity index is 962. The Labute approximate surface area is 148 Å². The number of amides is 1. The van der Waals surface area contributed by atoms with Crippen LogP contribution in [0.4, 0.5) is 0 Å². The standard InChI is InChI=1S/C18H17N3O5/c22-16(19-10-12-4-3-9-25-12)11-26-17(23)8-7-15-20-14-6-2-1-5-13(14)18(24)21-15/h1-6,9H,7-8,10-11H2,(H,19,22)(H,20,21,24). The Hall–Kier alpha value is -3.42. The van der Waals surface area contributed by atoms with E-state index in [2.05, 4.69) is 15.3 Å². The van der Waals surface area contributed by atoms with Crippen molar-refractivity contribution >= 4 is 22.8 Å². The predicted molar refractivity (Wildman–Crippen MR) is 92.2 cm³/mol. The number of H-pyrrole nitrogens is 1. The molecule has 0 bridgehead atoms. The molecule has 8 nitrogen and oxygen atoms in total. The zero-order valence-corrected chi connectivity index (χ0v) is 13.9. The first kappa shape index (κ1) is 17.4. The third-order valence-corrected chi connectivity index (χ3v) is 3.63. The quantitative estimate of drug-likeness (QED) is 0.618. The number of carbonyl (C=O) groups is 2. The third kappa shape index (κ3) is 4.56. The SMILES string of the molecule is O=C(COC(=O)CCc1nc2ccccc2c(=O)[nH]1)NCc1ccco1. The van der Waals surface area contributed by atoms with Gasteiger partial charge in [0, 0.05) is 6.42 Å². The second-order valence-corrected chi connectivity index (χ2v) is 5.55. The molecule has 3 rings (SSSR count). The summed E-state index contributed by atoms with van der Waals surface area (Å²) in [5, 5.41) is 3.06. The molecule has 3 aromatic rings. The summed E-state index contributed by atoms with van der Waals surface area (Å²) in [7, 11) is 0. The van der Waals surface area contributed by atoms with Gasteiger partial charge < -0.3 is 19.5 Å². The van der Waals surface area contributed by atoms with E-state index in [1.807, 2.05) is 0 Å². The molecule has 8 heteroatoms. The molecule has 0 spiro atoms. The minimum atomic E-state index is -0.547. The number of aryl methyl sites for hydroxylation is 1. The normalized spacial score (nSPS) is 10.6. The number of rotatable bonds is 7. The van der Waals surface area contributed by atoms with Crippen LogP contribution < -0.4 is 10.9 Å². The van der Waals surface area contributed by atoms with Gasteiger partial charge in [-0.2, -0.15) is 0 Å². The number of nitrogens with zero attached hydrogens (tertiary/aromatic N) is 1. The zero-order valence-electron chi connectivity index (χ0n) is 13.9. The molecule has 2 aromatic heterocycles. The molecule has 0 saturated carbocycles. The Balaban J connectivity index is 1.45. The molecule has 0 unspecified atom stereocenters. The smallest absolute Gasteiger partial charge is 0.306 e. The van der Waals surface area contributed by atoms with E-state index in [1.165, 1.54) is 6.26 Å². The number of nitrogens with one attached hydrogen (secondary N) is 2. The summed E-state index contributed by atoms with van der Waals surface area (Å²) >= 11 is 0. The molecule has 0 aliphatic rings. The molecule has 0 saturated heterocycles. The van der Waals surface area contributed by atoms with Gasteiger partial charge in [-0.05, 0) is 24.3 Å². The first-order valence-electron chi connectivity index (χ1n) is 8.04. The van der Waals surface area contributed by atoms with Crippen LogP contribution in [0.25, 0.3) is 10.9 Å². The van der Waals surface area contributed by atoms with E-state index in [0.717, 1.165) is 0 Å². The average molecular weight is 355 g/mol. The third-order valence-electron chi connectivity index (χ3n) is 3.63. The highest BCUT2D eigenvalue weighted by Crippen LogP contribution is 2.07. The van der Waals surface area contributed by atoms with E-state index in [4.69, 9.17) is 9.15 Å². The van der Waals surface area contributed by atoms with E-state index in [9.17, 15) is 14.4 Å². The number of carbonyl (C=O) groups excluding carboxylic acids is 2. The molecule has 1 amide bonds. The molecule has 0 radical (unpaired) electrons. The molecule has 0 aliphatic heterocycles. The highest BCUT2D eigenvalue weighted by molar-refractivity contribution is 5.80. The molecule has 2 N–H and O–H groups in total. The lowest BCUT2D eigenvalue weighted by Gasteiger charge is -2.06. The number of aromatic amines is 1. The first-order valence-corrected chi connectivity index (χ1v) is 8.04. The molecule has 2 heterocycles. The largest absolute Gasteiger partial charge is 0.467 e. The van der Waals surface area contributed by atoms with Crippen LogP contribution in [0.1, 0.15) is 18.0 Å². The maximum absolute atomic E-state index is 12.0. The van der Waals surface area contributed by atoms with Crippen molar-refractivity contribution in [3.8, 4) is 0 Å². The van der Waals surface area contributed by atoms with Crippen molar-refractivity contribution in [3.05, 3.63) is 64.6 Å². The van der Waals surface area contributed by atoms with Gasteiger partial charge in [0.1, 0.15) is 11.6 Å². The first-order chi connectivity index (χ1) is 12.6. The topological polar surface area (TPSA) is 114 Å². The minimum absolute atomic E-state index is 0.00669. The summed E-state index contributed by atoms with van der Waals surface area (Å²) < 4.78 is 9.99. The number of furan rings is 1. The average Bonchev–Trinajstić information content (AvgIpc) is 3.16. The Morgan fingerprint density at radius 3 is 2.85 bits per heavy atom. The molecule has 1 aromatic carbocycles. The van der Waals surface area contributed by atoms with E-state index in [-0.39, 0.29) is 31.6 Å². The van der Waals surface area contributed by atoms with Gasteiger partial charge in [0.2, 0.25) is 0 Å². The van der Waals surface area contributed by atoms with Gasteiger partial charge in [0.05, 0.1) is 30.1 Å². The lowest BCUT2D eigenvalue weighted by Crippen LogP contribution is -2.28. The van der Waals surface area contributed by atoms with Gasteiger partial charge >= 0.3 is 5.97 Å². The summed E-state index contributed by atoms with van der Waals surface area (Å²) in [5.74, 6) is 0.0323. The summed E-state index contributed by atoms with van der Waals surface area (Å²) in [6.45, 7) is -0.146. The molecular weight excluding hydrogens is 338 g/mol. The van der Waals surface area contributed by atoms with E-state index < -0.39 is 11.9 Å². The van der Waals surface area contributed by atoms with Gasteiger partial charge in [0.15, 0.2) is 6.61 Å². The van der Waals surface area contributed by atoms with Gasteiger partial charge in [-0.15, -0.1) is 0 Å². The number of para-hydroxylation sites is 1. The second-order valence-electron chi connectivity index (χ2n) is 5.55. The molecular formula is C18H17N3O5. The number of fused-ring (bicyclic) bond motifs is 1. The number of aromatic nitrogens is 2. The molecule has 26 heavy (non-hydrogen) atoms. The maximum atomic E-state index is 12.0. The highest BCUT2D eigenvalue weighted by Gasteiger charge is 2.10. The predicted octanol–water partition coefficient (Wildman–Crippen LogP) is 1.31. The fourth-order valence-electron chi connectivity index (χ4n) is 2.34. The number of benzene rings is 1. The van der Waals surface area contributed by atoms with Crippen molar-refractivity contribution < 1.29 is 18.7 Å². The number of esters is 1. The zero-order chi connectivity index (χ0) is 18.4. The van der Waals surface area contributed by atoms with Crippen LogP contribution in [0.2, 0.25) is 0 Å². The summed E-state index contributed by atoms with van der Waals surface area (Å²) in [6, 6.07) is 10.4. The van der Waals surface area contributed by atoms with Gasteiger partial charge in [0.25, 0.3) is 11.5 Å². The summed E-state index contributed by atoms with van der Waals surface area (Å²) in [4.78, 5) is 42.3. The second kappa shape index (κ2) is 8.11. The molecule has 0 aliphatic carbocycles. The fourth-order valence-corrected chi connectivity index (χ4v) is 2.34. The van der Waals surface area contributed by atoms with Crippen LogP contribution in [-0.4, -0.2) is 28.5 Å². The Morgan fingerprint density at radius 2 is 2.04 bits per heavy atom.